The normalized spacial score (nSPS) is 18.0. The minimum absolute atomic E-state index is 0.0341. The summed E-state index contributed by atoms with van der Waals surface area (Å²) in [6.45, 7) is 1.45. The molecule has 0 spiro atoms. The Morgan fingerprint density at radius 3 is 3.04 bits per heavy atom. The molecule has 1 aliphatic heterocycles. The highest BCUT2D eigenvalue weighted by Gasteiger charge is 2.26. The fourth-order valence-electron chi connectivity index (χ4n) is 3.15. The first kappa shape index (κ1) is 15.0. The molecule has 1 amide bonds. The van der Waals surface area contributed by atoms with Crippen LogP contribution in [0.4, 0.5) is 5.13 Å². The number of rotatable bonds is 2. The van der Waals surface area contributed by atoms with Gasteiger partial charge in [0, 0.05) is 37.1 Å². The maximum absolute atomic E-state index is 12.6. The molecule has 4 heterocycles. The molecule has 4 rings (SSSR count). The van der Waals surface area contributed by atoms with Crippen LogP contribution in [0.5, 0.6) is 0 Å². The van der Waals surface area contributed by atoms with E-state index in [9.17, 15) is 4.79 Å². The lowest BCUT2D eigenvalue weighted by atomic mass is 9.94. The number of likely N-dealkylation sites (tertiary alicyclic amines) is 1. The molecule has 122 valence electrons. The lowest BCUT2D eigenvalue weighted by Gasteiger charge is -2.32. The number of nitrogens with zero attached hydrogens (tertiary/aromatic N) is 4. The Hall–Kier alpha value is -2.54. The van der Waals surface area contributed by atoms with Crippen LogP contribution in [0.25, 0.3) is 10.3 Å². The third kappa shape index (κ3) is 2.82. The van der Waals surface area contributed by atoms with Crippen molar-refractivity contribution in [3.8, 4) is 0 Å². The van der Waals surface area contributed by atoms with Crippen molar-refractivity contribution in [1.82, 2.24) is 19.9 Å². The molecule has 24 heavy (non-hydrogen) atoms. The highest BCUT2D eigenvalue weighted by atomic mass is 32.1. The van der Waals surface area contributed by atoms with Crippen molar-refractivity contribution in [3.63, 3.8) is 0 Å². The van der Waals surface area contributed by atoms with Crippen molar-refractivity contribution in [3.05, 3.63) is 47.9 Å². The second kappa shape index (κ2) is 6.16. The molecule has 1 unspecified atom stereocenters. The van der Waals surface area contributed by atoms with Gasteiger partial charge in [-0.1, -0.05) is 11.3 Å². The van der Waals surface area contributed by atoms with E-state index in [1.807, 2.05) is 17.0 Å². The zero-order valence-electron chi connectivity index (χ0n) is 13.1. The largest absolute Gasteiger partial charge is 0.375 e. The van der Waals surface area contributed by atoms with E-state index < -0.39 is 0 Å². The maximum Gasteiger partial charge on any atom is 0.255 e. The molecule has 2 N–H and O–H groups in total. The summed E-state index contributed by atoms with van der Waals surface area (Å²) in [5, 5.41) is 0.534. The average molecular weight is 339 g/mol. The van der Waals surface area contributed by atoms with Crippen LogP contribution in [-0.2, 0) is 0 Å². The summed E-state index contributed by atoms with van der Waals surface area (Å²) >= 11 is 1.44. The van der Waals surface area contributed by atoms with E-state index in [4.69, 9.17) is 5.73 Å². The smallest absolute Gasteiger partial charge is 0.255 e. The first-order chi connectivity index (χ1) is 11.7. The van der Waals surface area contributed by atoms with Crippen molar-refractivity contribution >= 4 is 32.7 Å². The minimum Gasteiger partial charge on any atom is -0.375 e. The molecule has 0 aliphatic carbocycles. The molecular formula is C17H17N5OS. The van der Waals surface area contributed by atoms with Crippen LogP contribution in [0.1, 0.15) is 34.8 Å². The Labute approximate surface area is 143 Å². The second-order valence-corrected chi connectivity index (χ2v) is 7.00. The van der Waals surface area contributed by atoms with Crippen molar-refractivity contribution < 1.29 is 4.79 Å². The number of pyridine rings is 2. The number of piperidine rings is 1. The minimum atomic E-state index is 0.0341. The van der Waals surface area contributed by atoms with Gasteiger partial charge in [0.05, 0.1) is 10.3 Å². The zero-order chi connectivity index (χ0) is 16.5. The number of fused-ring (bicyclic) bond motifs is 1. The van der Waals surface area contributed by atoms with Gasteiger partial charge in [0.1, 0.15) is 0 Å². The van der Waals surface area contributed by atoms with Crippen molar-refractivity contribution in [2.45, 2.75) is 18.8 Å². The van der Waals surface area contributed by atoms with E-state index in [0.29, 0.717) is 22.9 Å². The number of amides is 1. The number of hydrogen-bond acceptors (Lipinski definition) is 6. The lowest BCUT2D eigenvalue weighted by Crippen LogP contribution is -2.39. The monoisotopic (exact) mass is 339 g/mol. The first-order valence-corrected chi connectivity index (χ1v) is 8.74. The molecule has 0 bridgehead atoms. The molecule has 3 aromatic heterocycles. The van der Waals surface area contributed by atoms with Crippen LogP contribution in [0, 0.1) is 0 Å². The van der Waals surface area contributed by atoms with Crippen LogP contribution in [0.3, 0.4) is 0 Å². The maximum atomic E-state index is 12.6. The van der Waals surface area contributed by atoms with E-state index >= 15 is 0 Å². The van der Waals surface area contributed by atoms with Gasteiger partial charge in [-0.3, -0.25) is 9.78 Å². The molecule has 0 saturated carbocycles. The molecule has 6 nitrogen and oxygen atoms in total. The molecule has 1 aliphatic rings. The Morgan fingerprint density at radius 1 is 1.29 bits per heavy atom. The Morgan fingerprint density at radius 2 is 2.21 bits per heavy atom. The fraction of sp³-hybridized carbons (Fsp3) is 0.294. The summed E-state index contributed by atoms with van der Waals surface area (Å²) in [5.41, 5.74) is 8.07. The van der Waals surface area contributed by atoms with Crippen LogP contribution in [0.2, 0.25) is 0 Å². The van der Waals surface area contributed by atoms with Crippen LogP contribution < -0.4 is 5.73 Å². The standard InChI is InChI=1S/C17H17N5OS/c18-17-21-15-14(24-17)6-5-13(20-15)12-4-2-8-22(10-12)16(23)11-3-1-7-19-9-11/h1,3,5-7,9,12H,2,4,8,10H2,(H2,18,20,21). The molecule has 7 heteroatoms. The SMILES string of the molecule is Nc1nc2nc(C3CCCN(C(=O)c4cccnc4)C3)ccc2s1. The van der Waals surface area contributed by atoms with Crippen LogP contribution >= 0.6 is 11.3 Å². The van der Waals surface area contributed by atoms with Gasteiger partial charge in [-0.15, -0.1) is 0 Å². The van der Waals surface area contributed by atoms with E-state index in [1.54, 1.807) is 24.5 Å². The predicted octanol–water partition coefficient (Wildman–Crippen LogP) is 2.69. The van der Waals surface area contributed by atoms with Gasteiger partial charge in [0.15, 0.2) is 10.8 Å². The van der Waals surface area contributed by atoms with Gasteiger partial charge < -0.3 is 10.6 Å². The summed E-state index contributed by atoms with van der Waals surface area (Å²) in [5.74, 6) is 0.262. The van der Waals surface area contributed by atoms with E-state index in [2.05, 4.69) is 15.0 Å². The van der Waals surface area contributed by atoms with Crippen molar-refractivity contribution in [1.29, 1.82) is 0 Å². The predicted molar refractivity (Wildman–Crippen MR) is 93.9 cm³/mol. The van der Waals surface area contributed by atoms with Gasteiger partial charge in [-0.2, -0.15) is 0 Å². The Balaban J connectivity index is 1.56. The number of nitrogen functional groups attached to an aromatic ring is 1. The van der Waals surface area contributed by atoms with Gasteiger partial charge in [0.25, 0.3) is 5.91 Å². The van der Waals surface area contributed by atoms with Crippen LogP contribution in [0.15, 0.2) is 36.7 Å². The Bertz CT molecular complexity index is 879. The third-order valence-electron chi connectivity index (χ3n) is 4.33. The summed E-state index contributed by atoms with van der Waals surface area (Å²) < 4.78 is 0.996. The highest BCUT2D eigenvalue weighted by Crippen LogP contribution is 2.29. The van der Waals surface area contributed by atoms with E-state index in [1.165, 1.54) is 11.3 Å². The molecule has 1 atom stereocenters. The summed E-state index contributed by atoms with van der Waals surface area (Å²) in [6, 6.07) is 7.65. The number of nitrogens with two attached hydrogens (primary N) is 1. The van der Waals surface area contributed by atoms with Gasteiger partial charge in [-0.05, 0) is 37.1 Å². The van der Waals surface area contributed by atoms with Gasteiger partial charge >= 0.3 is 0 Å². The average Bonchev–Trinajstić information content (AvgIpc) is 3.01. The Kier molecular flexibility index (Phi) is 3.86. The number of hydrogen-bond donors (Lipinski definition) is 1. The zero-order valence-corrected chi connectivity index (χ0v) is 13.9. The molecule has 0 aromatic carbocycles. The lowest BCUT2D eigenvalue weighted by molar-refractivity contribution is 0.0705. The number of carbonyl (C=O) groups is 1. The third-order valence-corrected chi connectivity index (χ3v) is 5.17. The van der Waals surface area contributed by atoms with Gasteiger partial charge in [0.2, 0.25) is 0 Å². The van der Waals surface area contributed by atoms with E-state index in [0.717, 1.165) is 29.8 Å². The molecular weight excluding hydrogens is 322 g/mol. The first-order valence-electron chi connectivity index (χ1n) is 7.93. The molecule has 1 fully saturated rings. The van der Waals surface area contributed by atoms with Crippen molar-refractivity contribution in [2.24, 2.45) is 0 Å². The number of aromatic nitrogens is 3. The molecule has 0 radical (unpaired) electrons. The number of thiazole rings is 1. The topological polar surface area (TPSA) is 85.0 Å². The van der Waals surface area contributed by atoms with Gasteiger partial charge in [-0.25, -0.2) is 9.97 Å². The summed E-state index contributed by atoms with van der Waals surface area (Å²) in [4.78, 5) is 27.5. The summed E-state index contributed by atoms with van der Waals surface area (Å²) in [7, 11) is 0. The van der Waals surface area contributed by atoms with Crippen molar-refractivity contribution in [2.75, 3.05) is 18.8 Å². The second-order valence-electron chi connectivity index (χ2n) is 5.94. The summed E-state index contributed by atoms with van der Waals surface area (Å²) in [6.07, 6.45) is 5.29. The number of anilines is 1. The molecule has 1 saturated heterocycles. The quantitative estimate of drug-likeness (QED) is 0.776. The van der Waals surface area contributed by atoms with Crippen LogP contribution in [-0.4, -0.2) is 38.8 Å². The van der Waals surface area contributed by atoms with E-state index in [-0.39, 0.29) is 11.8 Å². The number of carbonyl (C=O) groups excluding carboxylic acids is 1. The fourth-order valence-corrected chi connectivity index (χ4v) is 3.83. The highest BCUT2D eigenvalue weighted by molar-refractivity contribution is 7.21. The molecule has 3 aromatic rings.